The third-order valence-electron chi connectivity index (χ3n) is 4.30. The standard InChI is InChI=1S/C20H16N2O4/c1-11-4-5-12(2)17-15(11)10-16(25-17)19-21-18(22-26-19)13-6-8-14(9-7-13)20(23)24-3/h4-10H,1-3H3. The minimum atomic E-state index is -0.390. The molecule has 0 aliphatic heterocycles. The van der Waals surface area contributed by atoms with E-state index in [0.29, 0.717) is 23.0 Å². The maximum absolute atomic E-state index is 11.5. The highest BCUT2D eigenvalue weighted by Crippen LogP contribution is 2.31. The third kappa shape index (κ3) is 2.65. The van der Waals surface area contributed by atoms with Crippen LogP contribution < -0.4 is 0 Å². The van der Waals surface area contributed by atoms with Gasteiger partial charge in [-0.3, -0.25) is 0 Å². The molecule has 0 aliphatic carbocycles. The quantitative estimate of drug-likeness (QED) is 0.505. The van der Waals surface area contributed by atoms with E-state index in [-0.39, 0.29) is 0 Å². The van der Waals surface area contributed by atoms with E-state index < -0.39 is 5.97 Å². The van der Waals surface area contributed by atoms with Crippen LogP contribution in [0.5, 0.6) is 0 Å². The summed E-state index contributed by atoms with van der Waals surface area (Å²) in [6.07, 6.45) is 0. The molecule has 0 fully saturated rings. The number of nitrogens with zero attached hydrogens (tertiary/aromatic N) is 2. The lowest BCUT2D eigenvalue weighted by Crippen LogP contribution is -2.00. The van der Waals surface area contributed by atoms with Gasteiger partial charge in [-0.2, -0.15) is 4.98 Å². The number of rotatable bonds is 3. The molecular formula is C20H16N2O4. The van der Waals surface area contributed by atoms with Gasteiger partial charge in [0.25, 0.3) is 5.89 Å². The molecule has 4 aromatic rings. The smallest absolute Gasteiger partial charge is 0.337 e. The molecule has 6 nitrogen and oxygen atoms in total. The Morgan fingerprint density at radius 2 is 1.77 bits per heavy atom. The Hall–Kier alpha value is -3.41. The number of aromatic nitrogens is 2. The average molecular weight is 348 g/mol. The summed E-state index contributed by atoms with van der Waals surface area (Å²) in [6, 6.07) is 12.8. The van der Waals surface area contributed by atoms with Gasteiger partial charge in [-0.1, -0.05) is 29.4 Å². The van der Waals surface area contributed by atoms with Crippen LogP contribution in [0.2, 0.25) is 0 Å². The van der Waals surface area contributed by atoms with Crippen molar-refractivity contribution >= 4 is 16.9 Å². The number of carbonyl (C=O) groups is 1. The number of methoxy groups -OCH3 is 1. The number of hydrogen-bond donors (Lipinski definition) is 0. The molecule has 0 radical (unpaired) electrons. The van der Waals surface area contributed by atoms with Crippen molar-refractivity contribution in [2.24, 2.45) is 0 Å². The third-order valence-corrected chi connectivity index (χ3v) is 4.30. The summed E-state index contributed by atoms with van der Waals surface area (Å²) in [6.45, 7) is 4.03. The summed E-state index contributed by atoms with van der Waals surface area (Å²) in [5, 5.41) is 5.04. The van der Waals surface area contributed by atoms with Crippen molar-refractivity contribution < 1.29 is 18.5 Å². The lowest BCUT2D eigenvalue weighted by atomic mass is 10.1. The molecule has 2 heterocycles. The van der Waals surface area contributed by atoms with Gasteiger partial charge in [0.1, 0.15) is 5.58 Å². The minimum absolute atomic E-state index is 0.312. The minimum Gasteiger partial charge on any atom is -0.465 e. The molecule has 2 aromatic heterocycles. The zero-order valence-corrected chi connectivity index (χ0v) is 14.6. The first-order chi connectivity index (χ1) is 12.6. The monoisotopic (exact) mass is 348 g/mol. The largest absolute Gasteiger partial charge is 0.465 e. The number of fused-ring (bicyclic) bond motifs is 1. The normalized spacial score (nSPS) is 11.0. The summed E-state index contributed by atoms with van der Waals surface area (Å²) in [4.78, 5) is 15.9. The first-order valence-electron chi connectivity index (χ1n) is 8.09. The van der Waals surface area contributed by atoms with Crippen LogP contribution in [0.15, 0.2) is 51.4 Å². The molecule has 4 rings (SSSR count). The van der Waals surface area contributed by atoms with Crippen LogP contribution in [0, 0.1) is 13.8 Å². The average Bonchev–Trinajstić information content (AvgIpc) is 3.32. The number of esters is 1. The lowest BCUT2D eigenvalue weighted by Gasteiger charge is -1.99. The van der Waals surface area contributed by atoms with Gasteiger partial charge in [0.2, 0.25) is 5.82 Å². The highest BCUT2D eigenvalue weighted by Gasteiger charge is 2.17. The van der Waals surface area contributed by atoms with E-state index in [9.17, 15) is 4.79 Å². The zero-order valence-electron chi connectivity index (χ0n) is 14.6. The summed E-state index contributed by atoms with van der Waals surface area (Å²) in [7, 11) is 1.35. The predicted molar refractivity (Wildman–Crippen MR) is 95.8 cm³/mol. The van der Waals surface area contributed by atoms with E-state index in [1.807, 2.05) is 26.0 Å². The van der Waals surface area contributed by atoms with Gasteiger partial charge in [-0.05, 0) is 43.2 Å². The lowest BCUT2D eigenvalue weighted by molar-refractivity contribution is 0.0601. The van der Waals surface area contributed by atoms with E-state index in [1.54, 1.807) is 24.3 Å². The highest BCUT2D eigenvalue weighted by atomic mass is 16.5. The number of aryl methyl sites for hydroxylation is 2. The van der Waals surface area contributed by atoms with Gasteiger partial charge in [0.05, 0.1) is 12.7 Å². The van der Waals surface area contributed by atoms with E-state index in [1.165, 1.54) is 7.11 Å². The zero-order chi connectivity index (χ0) is 18.3. The Labute approximate surface area is 149 Å². The second-order valence-corrected chi connectivity index (χ2v) is 6.04. The van der Waals surface area contributed by atoms with Crippen molar-refractivity contribution in [2.45, 2.75) is 13.8 Å². The Morgan fingerprint density at radius 1 is 1.04 bits per heavy atom. The van der Waals surface area contributed by atoms with Gasteiger partial charge in [0, 0.05) is 10.9 Å². The number of ether oxygens (including phenoxy) is 1. The molecule has 0 bridgehead atoms. The molecule has 0 saturated heterocycles. The van der Waals surface area contributed by atoms with Gasteiger partial charge in [0.15, 0.2) is 5.76 Å². The van der Waals surface area contributed by atoms with Crippen LogP contribution in [-0.2, 0) is 4.74 Å². The fourth-order valence-corrected chi connectivity index (χ4v) is 2.81. The van der Waals surface area contributed by atoms with E-state index in [0.717, 1.165) is 27.7 Å². The van der Waals surface area contributed by atoms with Crippen LogP contribution in [0.4, 0.5) is 0 Å². The van der Waals surface area contributed by atoms with E-state index >= 15 is 0 Å². The number of furan rings is 1. The predicted octanol–water partition coefficient (Wildman–Crippen LogP) is 4.55. The molecule has 0 saturated carbocycles. The molecule has 2 aromatic carbocycles. The van der Waals surface area contributed by atoms with Gasteiger partial charge in [-0.15, -0.1) is 0 Å². The molecule has 0 amide bonds. The van der Waals surface area contributed by atoms with Crippen molar-refractivity contribution in [3.8, 4) is 23.0 Å². The summed E-state index contributed by atoms with van der Waals surface area (Å²) in [5.74, 6) is 0.873. The maximum Gasteiger partial charge on any atom is 0.337 e. The Kier molecular flexibility index (Phi) is 3.80. The molecule has 0 N–H and O–H groups in total. The Bertz CT molecular complexity index is 1070. The van der Waals surface area contributed by atoms with Crippen molar-refractivity contribution in [3.63, 3.8) is 0 Å². The SMILES string of the molecule is COC(=O)c1ccc(-c2noc(-c3cc4c(C)ccc(C)c4o3)n2)cc1. The van der Waals surface area contributed by atoms with Crippen molar-refractivity contribution in [3.05, 3.63) is 59.2 Å². The molecule has 6 heteroatoms. The molecule has 0 unspecified atom stereocenters. The first kappa shape index (κ1) is 16.1. The molecule has 0 atom stereocenters. The van der Waals surface area contributed by atoms with Crippen molar-refractivity contribution in [2.75, 3.05) is 7.11 Å². The molecule has 0 spiro atoms. The molecule has 130 valence electrons. The van der Waals surface area contributed by atoms with Gasteiger partial charge < -0.3 is 13.7 Å². The summed E-state index contributed by atoms with van der Waals surface area (Å²) < 4.78 is 16.0. The number of hydrogen-bond acceptors (Lipinski definition) is 6. The number of benzene rings is 2. The topological polar surface area (TPSA) is 78.4 Å². The first-order valence-corrected chi connectivity index (χ1v) is 8.09. The van der Waals surface area contributed by atoms with Crippen molar-refractivity contribution in [1.29, 1.82) is 0 Å². The molecular weight excluding hydrogens is 332 g/mol. The van der Waals surface area contributed by atoms with Crippen LogP contribution in [0.25, 0.3) is 34.0 Å². The van der Waals surface area contributed by atoms with Crippen molar-refractivity contribution in [1.82, 2.24) is 10.1 Å². The second-order valence-electron chi connectivity index (χ2n) is 6.04. The fourth-order valence-electron chi connectivity index (χ4n) is 2.81. The molecule has 26 heavy (non-hydrogen) atoms. The van der Waals surface area contributed by atoms with Crippen LogP contribution >= 0.6 is 0 Å². The summed E-state index contributed by atoms with van der Waals surface area (Å²) >= 11 is 0. The van der Waals surface area contributed by atoms with Crippen LogP contribution in [0.1, 0.15) is 21.5 Å². The number of carbonyl (C=O) groups excluding carboxylic acids is 1. The van der Waals surface area contributed by atoms with Crippen LogP contribution in [-0.4, -0.2) is 23.2 Å². The highest BCUT2D eigenvalue weighted by molar-refractivity contribution is 5.90. The molecule has 0 aliphatic rings. The Balaban J connectivity index is 1.69. The van der Waals surface area contributed by atoms with E-state index in [4.69, 9.17) is 13.7 Å². The van der Waals surface area contributed by atoms with Gasteiger partial charge >= 0.3 is 5.97 Å². The van der Waals surface area contributed by atoms with Crippen LogP contribution in [0.3, 0.4) is 0 Å². The van der Waals surface area contributed by atoms with Gasteiger partial charge in [-0.25, -0.2) is 4.79 Å². The second kappa shape index (κ2) is 6.15. The maximum atomic E-state index is 11.5. The fraction of sp³-hybridized carbons (Fsp3) is 0.150. The van der Waals surface area contributed by atoms with E-state index in [2.05, 4.69) is 16.2 Å². The Morgan fingerprint density at radius 3 is 2.46 bits per heavy atom. The summed E-state index contributed by atoms with van der Waals surface area (Å²) in [5.41, 5.74) is 4.19.